The summed E-state index contributed by atoms with van der Waals surface area (Å²) in [5.74, 6) is -0.247. The number of nitrogens with zero attached hydrogens (tertiary/aromatic N) is 4. The SMILES string of the molecule is Cc1ccc(C(=O)N/N=C\C=C\c2cn(Cc3ccccc3)nn2)cc1. The molecule has 0 aliphatic carbocycles. The number of aryl methyl sites for hydroxylation is 1. The minimum Gasteiger partial charge on any atom is -0.267 e. The summed E-state index contributed by atoms with van der Waals surface area (Å²) in [5, 5.41) is 12.1. The van der Waals surface area contributed by atoms with E-state index in [1.807, 2.05) is 55.6 Å². The molecule has 2 aromatic carbocycles. The van der Waals surface area contributed by atoms with Crippen LogP contribution in [-0.4, -0.2) is 27.1 Å². The number of allylic oxidation sites excluding steroid dienone is 1. The highest BCUT2D eigenvalue weighted by molar-refractivity contribution is 5.94. The molecule has 0 aliphatic rings. The molecule has 26 heavy (non-hydrogen) atoms. The predicted molar refractivity (Wildman–Crippen MR) is 102 cm³/mol. The van der Waals surface area contributed by atoms with Crippen molar-refractivity contribution in [1.29, 1.82) is 0 Å². The van der Waals surface area contributed by atoms with Crippen LogP contribution in [0.5, 0.6) is 0 Å². The second-order valence-corrected chi connectivity index (χ2v) is 5.77. The molecule has 0 atom stereocenters. The topological polar surface area (TPSA) is 72.2 Å². The molecule has 1 N–H and O–H groups in total. The Morgan fingerprint density at radius 2 is 1.92 bits per heavy atom. The lowest BCUT2D eigenvalue weighted by Gasteiger charge is -1.99. The maximum Gasteiger partial charge on any atom is 0.271 e. The van der Waals surface area contributed by atoms with Gasteiger partial charge in [0.25, 0.3) is 5.91 Å². The molecule has 0 saturated carbocycles. The van der Waals surface area contributed by atoms with Gasteiger partial charge in [-0.05, 0) is 36.8 Å². The number of benzene rings is 2. The van der Waals surface area contributed by atoms with Crippen molar-refractivity contribution in [2.45, 2.75) is 13.5 Å². The van der Waals surface area contributed by atoms with Crippen LogP contribution in [0.25, 0.3) is 6.08 Å². The molecule has 6 nitrogen and oxygen atoms in total. The van der Waals surface area contributed by atoms with E-state index in [1.54, 1.807) is 29.0 Å². The molecular formula is C20H19N5O. The third-order valence-electron chi connectivity index (χ3n) is 3.65. The van der Waals surface area contributed by atoms with Gasteiger partial charge in [-0.15, -0.1) is 5.10 Å². The highest BCUT2D eigenvalue weighted by Crippen LogP contribution is 2.04. The summed E-state index contributed by atoms with van der Waals surface area (Å²) in [6.45, 7) is 2.64. The van der Waals surface area contributed by atoms with Crippen LogP contribution < -0.4 is 5.43 Å². The third-order valence-corrected chi connectivity index (χ3v) is 3.65. The van der Waals surface area contributed by atoms with E-state index in [4.69, 9.17) is 0 Å². The van der Waals surface area contributed by atoms with Gasteiger partial charge in [0.05, 0.1) is 12.7 Å². The quantitative estimate of drug-likeness (QED) is 0.551. The smallest absolute Gasteiger partial charge is 0.267 e. The first-order chi connectivity index (χ1) is 12.7. The van der Waals surface area contributed by atoms with Crippen molar-refractivity contribution in [1.82, 2.24) is 20.4 Å². The fourth-order valence-electron chi connectivity index (χ4n) is 2.29. The van der Waals surface area contributed by atoms with E-state index >= 15 is 0 Å². The number of rotatable bonds is 6. The summed E-state index contributed by atoms with van der Waals surface area (Å²) in [6, 6.07) is 17.4. The van der Waals surface area contributed by atoms with Gasteiger partial charge in [0.2, 0.25) is 0 Å². The summed E-state index contributed by atoms with van der Waals surface area (Å²) < 4.78 is 1.77. The number of hydrazone groups is 1. The largest absolute Gasteiger partial charge is 0.271 e. The Balaban J connectivity index is 1.50. The Morgan fingerprint density at radius 1 is 1.15 bits per heavy atom. The maximum atomic E-state index is 11.9. The Labute approximate surface area is 151 Å². The van der Waals surface area contributed by atoms with Crippen molar-refractivity contribution in [3.8, 4) is 0 Å². The number of carbonyl (C=O) groups excluding carboxylic acids is 1. The van der Waals surface area contributed by atoms with Crippen molar-refractivity contribution in [2.24, 2.45) is 5.10 Å². The van der Waals surface area contributed by atoms with Gasteiger partial charge in [-0.25, -0.2) is 10.1 Å². The van der Waals surface area contributed by atoms with E-state index in [9.17, 15) is 4.79 Å². The van der Waals surface area contributed by atoms with Gasteiger partial charge < -0.3 is 0 Å². The highest BCUT2D eigenvalue weighted by Gasteiger charge is 2.02. The molecule has 1 aromatic heterocycles. The van der Waals surface area contributed by atoms with Gasteiger partial charge >= 0.3 is 0 Å². The van der Waals surface area contributed by atoms with E-state index in [-0.39, 0.29) is 5.91 Å². The average Bonchev–Trinajstić information content (AvgIpc) is 3.10. The summed E-state index contributed by atoms with van der Waals surface area (Å²) >= 11 is 0. The zero-order valence-electron chi connectivity index (χ0n) is 14.4. The van der Waals surface area contributed by atoms with Crippen molar-refractivity contribution in [2.75, 3.05) is 0 Å². The second-order valence-electron chi connectivity index (χ2n) is 5.77. The molecule has 0 saturated heterocycles. The third kappa shape index (κ3) is 4.98. The molecular weight excluding hydrogens is 326 g/mol. The number of hydrogen-bond donors (Lipinski definition) is 1. The minimum absolute atomic E-state index is 0.247. The Hall–Kier alpha value is -3.54. The van der Waals surface area contributed by atoms with Crippen LogP contribution in [0.15, 0.2) is 72.0 Å². The summed E-state index contributed by atoms with van der Waals surface area (Å²) in [6.07, 6.45) is 6.83. The molecule has 130 valence electrons. The van der Waals surface area contributed by atoms with Crippen LogP contribution in [0.3, 0.4) is 0 Å². The second kappa shape index (κ2) is 8.53. The summed E-state index contributed by atoms with van der Waals surface area (Å²) in [5.41, 5.74) is 6.04. The summed E-state index contributed by atoms with van der Waals surface area (Å²) in [4.78, 5) is 11.9. The first kappa shape index (κ1) is 17.3. The predicted octanol–water partition coefficient (Wildman–Crippen LogP) is 3.06. The zero-order valence-corrected chi connectivity index (χ0v) is 14.4. The fraction of sp³-hybridized carbons (Fsp3) is 0.100. The molecule has 6 heteroatoms. The molecule has 0 unspecified atom stereocenters. The van der Waals surface area contributed by atoms with Crippen molar-refractivity contribution >= 4 is 18.2 Å². The van der Waals surface area contributed by atoms with Crippen LogP contribution >= 0.6 is 0 Å². The highest BCUT2D eigenvalue weighted by atomic mass is 16.2. The number of hydrogen-bond acceptors (Lipinski definition) is 4. The van der Waals surface area contributed by atoms with E-state index in [1.165, 1.54) is 6.21 Å². The van der Waals surface area contributed by atoms with Gasteiger partial charge in [0.15, 0.2) is 0 Å². The fourth-order valence-corrected chi connectivity index (χ4v) is 2.29. The standard InChI is InChI=1S/C20H19N5O/c1-16-9-11-18(12-10-16)20(26)23-21-13-5-8-19-15-25(24-22-19)14-17-6-3-2-4-7-17/h2-13,15H,14H2,1H3,(H,23,26)/b8-5+,21-13-. The molecule has 0 aliphatic heterocycles. The molecule has 0 bridgehead atoms. The average molecular weight is 345 g/mol. The van der Waals surface area contributed by atoms with Crippen molar-refractivity contribution in [3.05, 3.63) is 89.3 Å². The van der Waals surface area contributed by atoms with Crippen LogP contribution in [0.2, 0.25) is 0 Å². The van der Waals surface area contributed by atoms with Gasteiger partial charge in [0.1, 0.15) is 5.69 Å². The van der Waals surface area contributed by atoms with Gasteiger partial charge in [0, 0.05) is 11.8 Å². The molecule has 3 rings (SSSR count). The monoisotopic (exact) mass is 345 g/mol. The molecule has 1 heterocycles. The van der Waals surface area contributed by atoms with Crippen LogP contribution in [0, 0.1) is 6.92 Å². The number of aromatic nitrogens is 3. The van der Waals surface area contributed by atoms with E-state index in [2.05, 4.69) is 20.8 Å². The Kier molecular flexibility index (Phi) is 5.67. The molecule has 0 radical (unpaired) electrons. The number of carbonyl (C=O) groups is 1. The van der Waals surface area contributed by atoms with Gasteiger partial charge in [-0.2, -0.15) is 5.10 Å². The van der Waals surface area contributed by atoms with Crippen molar-refractivity contribution < 1.29 is 4.79 Å². The Bertz CT molecular complexity index is 911. The Morgan fingerprint density at radius 3 is 2.69 bits per heavy atom. The molecule has 3 aromatic rings. The van der Waals surface area contributed by atoms with Crippen molar-refractivity contribution in [3.63, 3.8) is 0 Å². The lowest BCUT2D eigenvalue weighted by Crippen LogP contribution is -2.17. The zero-order chi connectivity index (χ0) is 18.2. The lowest BCUT2D eigenvalue weighted by molar-refractivity contribution is 0.0955. The maximum absolute atomic E-state index is 11.9. The van der Waals surface area contributed by atoms with Gasteiger partial charge in [-0.3, -0.25) is 4.79 Å². The first-order valence-electron chi connectivity index (χ1n) is 8.21. The normalized spacial score (nSPS) is 11.3. The van der Waals surface area contributed by atoms with Crippen LogP contribution in [0.1, 0.15) is 27.2 Å². The van der Waals surface area contributed by atoms with Gasteiger partial charge in [-0.1, -0.05) is 53.2 Å². The number of amides is 1. The van der Waals surface area contributed by atoms with E-state index in [0.29, 0.717) is 12.1 Å². The molecule has 0 fully saturated rings. The lowest BCUT2D eigenvalue weighted by atomic mass is 10.1. The first-order valence-corrected chi connectivity index (χ1v) is 8.21. The van der Waals surface area contributed by atoms with Crippen LogP contribution in [0.4, 0.5) is 0 Å². The van der Waals surface area contributed by atoms with E-state index < -0.39 is 0 Å². The molecule has 1 amide bonds. The van der Waals surface area contributed by atoms with Crippen LogP contribution in [-0.2, 0) is 6.54 Å². The minimum atomic E-state index is -0.247. The molecule has 0 spiro atoms. The summed E-state index contributed by atoms with van der Waals surface area (Å²) in [7, 11) is 0. The number of nitrogens with one attached hydrogen (secondary N) is 1. The van der Waals surface area contributed by atoms with E-state index in [0.717, 1.165) is 16.8 Å².